The first kappa shape index (κ1) is 18.6. The van der Waals surface area contributed by atoms with E-state index in [-0.39, 0.29) is 4.90 Å². The molecule has 0 saturated carbocycles. The monoisotopic (exact) mass is 383 g/mol. The van der Waals surface area contributed by atoms with E-state index in [1.54, 1.807) is 18.2 Å². The molecule has 1 aliphatic rings. The average molecular weight is 383 g/mol. The highest BCUT2D eigenvalue weighted by atomic mass is 32.2. The predicted octanol–water partition coefficient (Wildman–Crippen LogP) is 3.51. The Morgan fingerprint density at radius 3 is 2.46 bits per heavy atom. The lowest BCUT2D eigenvalue weighted by atomic mass is 10.0. The first-order valence-electron chi connectivity index (χ1n) is 8.07. The lowest BCUT2D eigenvalue weighted by molar-refractivity contribution is 0.361. The van der Waals surface area contributed by atoms with Crippen LogP contribution in [0.1, 0.15) is 24.4 Å². The first-order valence-corrected chi connectivity index (χ1v) is 9.51. The highest BCUT2D eigenvalue weighted by Gasteiger charge is 2.37. The maximum Gasteiger partial charge on any atom is 0.243 e. The summed E-state index contributed by atoms with van der Waals surface area (Å²) in [6, 6.07) is 7.35. The number of nitrogens with zero attached hydrogens (tertiary/aromatic N) is 1. The van der Waals surface area contributed by atoms with E-state index in [0.29, 0.717) is 42.5 Å². The van der Waals surface area contributed by atoms with Gasteiger partial charge in [0.05, 0.1) is 25.2 Å². The van der Waals surface area contributed by atoms with E-state index in [1.807, 2.05) is 0 Å². The minimum Gasteiger partial charge on any atom is -0.497 e. The summed E-state index contributed by atoms with van der Waals surface area (Å²) in [4.78, 5) is -0.268. The van der Waals surface area contributed by atoms with E-state index in [0.717, 1.165) is 12.1 Å². The average Bonchev–Trinajstić information content (AvgIpc) is 3.13. The summed E-state index contributed by atoms with van der Waals surface area (Å²) in [7, 11) is -0.943. The van der Waals surface area contributed by atoms with Crippen LogP contribution in [0, 0.1) is 11.6 Å². The van der Waals surface area contributed by atoms with Crippen LogP contribution in [0.25, 0.3) is 0 Å². The third-order valence-corrected chi connectivity index (χ3v) is 6.41. The Bertz CT molecular complexity index is 917. The van der Waals surface area contributed by atoms with Crippen molar-refractivity contribution in [2.75, 3.05) is 20.8 Å². The second-order valence-corrected chi connectivity index (χ2v) is 7.85. The highest BCUT2D eigenvalue weighted by molar-refractivity contribution is 7.89. The van der Waals surface area contributed by atoms with Gasteiger partial charge >= 0.3 is 0 Å². The van der Waals surface area contributed by atoms with E-state index < -0.39 is 27.7 Å². The molecule has 1 heterocycles. The Kier molecular flexibility index (Phi) is 5.15. The SMILES string of the molecule is COc1ccc(C2CCCN2S(=O)(=O)c2ccc(F)c(F)c2)c(OC)c1. The molecular weight excluding hydrogens is 364 g/mol. The molecule has 3 rings (SSSR count). The molecule has 0 radical (unpaired) electrons. The molecule has 1 atom stereocenters. The summed E-state index contributed by atoms with van der Waals surface area (Å²) in [5, 5.41) is 0. The minimum atomic E-state index is -3.98. The van der Waals surface area contributed by atoms with E-state index in [1.165, 1.54) is 18.5 Å². The van der Waals surface area contributed by atoms with Crippen LogP contribution < -0.4 is 9.47 Å². The smallest absolute Gasteiger partial charge is 0.243 e. The van der Waals surface area contributed by atoms with Crippen molar-refractivity contribution >= 4 is 10.0 Å². The molecule has 8 heteroatoms. The standard InChI is InChI=1S/C18H19F2NO4S/c1-24-12-5-7-14(18(10-12)25-2)17-4-3-9-21(17)26(22,23)13-6-8-15(19)16(20)11-13/h5-8,10-11,17H,3-4,9H2,1-2H3. The summed E-state index contributed by atoms with van der Waals surface area (Å²) < 4.78 is 64.5. The van der Waals surface area contributed by atoms with Gasteiger partial charge in [-0.3, -0.25) is 0 Å². The van der Waals surface area contributed by atoms with Gasteiger partial charge in [-0.05, 0) is 37.1 Å². The molecule has 0 spiro atoms. The summed E-state index contributed by atoms with van der Waals surface area (Å²) in [6.45, 7) is 0.293. The summed E-state index contributed by atoms with van der Waals surface area (Å²) in [5.41, 5.74) is 0.706. The molecule has 140 valence electrons. The van der Waals surface area contributed by atoms with Crippen LogP contribution in [0.3, 0.4) is 0 Å². The van der Waals surface area contributed by atoms with Crippen LogP contribution in [-0.4, -0.2) is 33.5 Å². The maximum atomic E-state index is 13.5. The zero-order valence-corrected chi connectivity index (χ0v) is 15.2. The van der Waals surface area contributed by atoms with Crippen LogP contribution in [0.4, 0.5) is 8.78 Å². The van der Waals surface area contributed by atoms with Crippen molar-refractivity contribution in [2.45, 2.75) is 23.8 Å². The molecular formula is C18H19F2NO4S. The number of halogens is 2. The lowest BCUT2D eigenvalue weighted by Crippen LogP contribution is -2.31. The Labute approximate surface area is 151 Å². The number of ether oxygens (including phenoxy) is 2. The van der Waals surface area contributed by atoms with Crippen molar-refractivity contribution in [3.63, 3.8) is 0 Å². The fraction of sp³-hybridized carbons (Fsp3) is 0.333. The van der Waals surface area contributed by atoms with E-state index in [2.05, 4.69) is 0 Å². The molecule has 1 saturated heterocycles. The van der Waals surface area contributed by atoms with Crippen molar-refractivity contribution in [1.29, 1.82) is 0 Å². The van der Waals surface area contributed by atoms with E-state index in [9.17, 15) is 17.2 Å². The molecule has 0 bridgehead atoms. The van der Waals surface area contributed by atoms with Gasteiger partial charge in [0.2, 0.25) is 10.0 Å². The van der Waals surface area contributed by atoms with Gasteiger partial charge in [-0.2, -0.15) is 4.31 Å². The fourth-order valence-electron chi connectivity index (χ4n) is 3.21. The van der Waals surface area contributed by atoms with Gasteiger partial charge in [-0.1, -0.05) is 6.07 Å². The second-order valence-electron chi connectivity index (χ2n) is 5.96. The van der Waals surface area contributed by atoms with Gasteiger partial charge in [0.15, 0.2) is 11.6 Å². The molecule has 0 aromatic heterocycles. The molecule has 0 amide bonds. The van der Waals surface area contributed by atoms with Gasteiger partial charge in [0.1, 0.15) is 11.5 Å². The molecule has 0 N–H and O–H groups in total. The van der Waals surface area contributed by atoms with Crippen molar-refractivity contribution in [3.8, 4) is 11.5 Å². The Morgan fingerprint density at radius 2 is 1.81 bits per heavy atom. The number of hydrogen-bond acceptors (Lipinski definition) is 4. The molecule has 0 aliphatic carbocycles. The first-order chi connectivity index (χ1) is 12.4. The number of methoxy groups -OCH3 is 2. The molecule has 1 fully saturated rings. The van der Waals surface area contributed by atoms with Crippen molar-refractivity contribution < 1.29 is 26.7 Å². The number of sulfonamides is 1. The van der Waals surface area contributed by atoms with Crippen molar-refractivity contribution in [1.82, 2.24) is 4.31 Å². The minimum absolute atomic E-state index is 0.268. The second kappa shape index (κ2) is 7.20. The van der Waals surface area contributed by atoms with Gasteiger partial charge < -0.3 is 9.47 Å². The van der Waals surface area contributed by atoms with Crippen molar-refractivity contribution in [3.05, 3.63) is 53.6 Å². The van der Waals surface area contributed by atoms with E-state index in [4.69, 9.17) is 9.47 Å². The van der Waals surface area contributed by atoms with Gasteiger partial charge in [0, 0.05) is 18.2 Å². The van der Waals surface area contributed by atoms with Gasteiger partial charge in [-0.15, -0.1) is 0 Å². The topological polar surface area (TPSA) is 55.8 Å². The molecule has 1 aliphatic heterocycles. The van der Waals surface area contributed by atoms with E-state index >= 15 is 0 Å². The zero-order valence-electron chi connectivity index (χ0n) is 14.4. The molecule has 26 heavy (non-hydrogen) atoms. The highest BCUT2D eigenvalue weighted by Crippen LogP contribution is 2.41. The third kappa shape index (κ3) is 3.26. The summed E-state index contributed by atoms with van der Waals surface area (Å²) in [5.74, 6) is -1.16. The normalized spacial score (nSPS) is 18.1. The van der Waals surface area contributed by atoms with Gasteiger partial charge in [-0.25, -0.2) is 17.2 Å². The number of hydrogen-bond donors (Lipinski definition) is 0. The Balaban J connectivity index is 2.01. The lowest BCUT2D eigenvalue weighted by Gasteiger charge is -2.26. The van der Waals surface area contributed by atoms with Crippen molar-refractivity contribution in [2.24, 2.45) is 0 Å². The molecule has 2 aromatic carbocycles. The van der Waals surface area contributed by atoms with Crippen LogP contribution >= 0.6 is 0 Å². The number of benzene rings is 2. The molecule has 1 unspecified atom stereocenters. The van der Waals surface area contributed by atoms with Crippen LogP contribution in [0.15, 0.2) is 41.3 Å². The fourth-order valence-corrected chi connectivity index (χ4v) is 4.89. The maximum absolute atomic E-state index is 13.5. The van der Waals surface area contributed by atoms with Crippen LogP contribution in [0.2, 0.25) is 0 Å². The largest absolute Gasteiger partial charge is 0.497 e. The van der Waals surface area contributed by atoms with Crippen LogP contribution in [0.5, 0.6) is 11.5 Å². The van der Waals surface area contributed by atoms with Crippen LogP contribution in [-0.2, 0) is 10.0 Å². The Morgan fingerprint density at radius 1 is 1.04 bits per heavy atom. The molecule has 2 aromatic rings. The zero-order chi connectivity index (χ0) is 18.9. The Hall–Kier alpha value is -2.19. The summed E-state index contributed by atoms with van der Waals surface area (Å²) >= 11 is 0. The van der Waals surface area contributed by atoms with Gasteiger partial charge in [0.25, 0.3) is 0 Å². The third-order valence-electron chi connectivity index (χ3n) is 4.50. The summed E-state index contributed by atoms with van der Waals surface area (Å²) in [6.07, 6.45) is 1.26. The quantitative estimate of drug-likeness (QED) is 0.793. The molecule has 5 nitrogen and oxygen atoms in total. The predicted molar refractivity (Wildman–Crippen MR) is 91.8 cm³/mol. The number of rotatable bonds is 5.